The van der Waals surface area contributed by atoms with Gasteiger partial charge in [-0.05, 0) is 72.7 Å². The molecule has 226 valence electrons. The van der Waals surface area contributed by atoms with Crippen LogP contribution >= 0.6 is 0 Å². The summed E-state index contributed by atoms with van der Waals surface area (Å²) in [4.78, 5) is 39.8. The van der Waals surface area contributed by atoms with Gasteiger partial charge >= 0.3 is 0 Å². The van der Waals surface area contributed by atoms with Crippen molar-refractivity contribution in [2.75, 3.05) is 0 Å². The number of carbonyl (C=O) groups excluding carboxylic acids is 3. The minimum absolute atomic E-state index is 0.0331. The van der Waals surface area contributed by atoms with Crippen LogP contribution in [0.2, 0.25) is 0 Å². The van der Waals surface area contributed by atoms with E-state index in [2.05, 4.69) is 79.0 Å². The Hall–Kier alpha value is -2.55. The number of Topliss-reactive ketones (excluding diaryl/α,β-unsaturated/α-hetero) is 3. The summed E-state index contributed by atoms with van der Waals surface area (Å²) < 4.78 is 0. The second-order valence-electron chi connectivity index (χ2n) is 14.7. The van der Waals surface area contributed by atoms with Gasteiger partial charge in [0, 0.05) is 24.7 Å². The molecular formula is C38H56O3. The molecule has 0 heterocycles. The van der Waals surface area contributed by atoms with Gasteiger partial charge in [-0.15, -0.1) is 6.58 Å². The van der Waals surface area contributed by atoms with Crippen molar-refractivity contribution in [1.82, 2.24) is 0 Å². The van der Waals surface area contributed by atoms with Gasteiger partial charge in [0.25, 0.3) is 0 Å². The Morgan fingerprint density at radius 3 is 2.10 bits per heavy atom. The zero-order valence-electron chi connectivity index (χ0n) is 27.1. The summed E-state index contributed by atoms with van der Waals surface area (Å²) in [6, 6.07) is 10.5. The van der Waals surface area contributed by atoms with Crippen LogP contribution in [0, 0.1) is 34.5 Å². The molecule has 0 aromatic heterocycles. The quantitative estimate of drug-likeness (QED) is 0.149. The summed E-state index contributed by atoms with van der Waals surface area (Å²) in [5, 5.41) is 0. The number of hydrogen-bond acceptors (Lipinski definition) is 3. The van der Waals surface area contributed by atoms with Gasteiger partial charge in [-0.1, -0.05) is 116 Å². The third-order valence-electron chi connectivity index (χ3n) is 8.80. The molecule has 0 aliphatic heterocycles. The molecule has 0 saturated heterocycles. The third-order valence-corrected chi connectivity index (χ3v) is 8.80. The van der Waals surface area contributed by atoms with Crippen LogP contribution in [0.15, 0.2) is 67.3 Å². The van der Waals surface area contributed by atoms with Gasteiger partial charge in [-0.3, -0.25) is 14.4 Å². The van der Waals surface area contributed by atoms with Crippen LogP contribution in [0.25, 0.3) is 0 Å². The molecule has 0 amide bonds. The highest BCUT2D eigenvalue weighted by molar-refractivity contribution is 6.38. The van der Waals surface area contributed by atoms with E-state index >= 15 is 0 Å². The molecule has 2 rings (SSSR count). The molecule has 1 aliphatic rings. The van der Waals surface area contributed by atoms with E-state index in [1.807, 2.05) is 13.0 Å². The lowest BCUT2D eigenvalue weighted by Crippen LogP contribution is -2.32. The molecule has 41 heavy (non-hydrogen) atoms. The summed E-state index contributed by atoms with van der Waals surface area (Å²) in [7, 11) is 0. The first-order valence-electron chi connectivity index (χ1n) is 15.7. The summed E-state index contributed by atoms with van der Waals surface area (Å²) in [5.41, 5.74) is 3.75. The first-order chi connectivity index (χ1) is 19.1. The number of allylic oxidation sites excluding steroid dienone is 3. The van der Waals surface area contributed by atoms with Crippen LogP contribution in [-0.4, -0.2) is 17.3 Å². The Balaban J connectivity index is 2.39. The van der Waals surface area contributed by atoms with Crippen molar-refractivity contribution < 1.29 is 14.4 Å². The molecule has 3 nitrogen and oxygen atoms in total. The fraction of sp³-hybridized carbons (Fsp3) is 0.605. The highest BCUT2D eigenvalue weighted by Crippen LogP contribution is 2.51. The fourth-order valence-corrected chi connectivity index (χ4v) is 6.82. The molecule has 1 aliphatic carbocycles. The van der Waals surface area contributed by atoms with Crippen LogP contribution in [0.1, 0.15) is 118 Å². The van der Waals surface area contributed by atoms with Gasteiger partial charge in [0.1, 0.15) is 5.78 Å². The van der Waals surface area contributed by atoms with Gasteiger partial charge in [0.15, 0.2) is 5.78 Å². The second-order valence-corrected chi connectivity index (χ2v) is 14.7. The molecule has 1 saturated carbocycles. The molecule has 5 atom stereocenters. The van der Waals surface area contributed by atoms with E-state index in [0.717, 1.165) is 37.7 Å². The Morgan fingerprint density at radius 1 is 0.951 bits per heavy atom. The standard InChI is InChI=1S/C38H56O3/c1-11-13-20-34(39)36(41)29(17-12-2)24-35(40)32-23-30(28-18-15-14-16-19-28)22-31(32)27(4)33(38(8,9)10)21-26(3)25-37(5,6)7/h11,14-16,18-19,29-33H,1,3-4,12-13,17,20-25H2,2,5-10H3. The predicted octanol–water partition coefficient (Wildman–Crippen LogP) is 9.88. The molecule has 3 heteroatoms. The average Bonchev–Trinajstić information content (AvgIpc) is 3.34. The minimum Gasteiger partial charge on any atom is -0.299 e. The SMILES string of the molecule is C=CCCC(=O)C(=O)C(CCC)CC(=O)C1CC(c2ccccc2)CC1C(=C)C(CC(=C)CC(C)(C)C)C(C)(C)C. The molecule has 0 radical (unpaired) electrons. The Bertz CT molecular complexity index is 1080. The van der Waals surface area contributed by atoms with Crippen LogP contribution in [0.4, 0.5) is 0 Å². The molecule has 0 spiro atoms. The Morgan fingerprint density at radius 2 is 1.56 bits per heavy atom. The van der Waals surface area contributed by atoms with Crippen LogP contribution in [0.5, 0.6) is 0 Å². The Kier molecular flexibility index (Phi) is 12.7. The van der Waals surface area contributed by atoms with Crippen molar-refractivity contribution in [3.05, 3.63) is 72.9 Å². The van der Waals surface area contributed by atoms with Crippen LogP contribution in [-0.2, 0) is 14.4 Å². The van der Waals surface area contributed by atoms with Crippen molar-refractivity contribution in [2.24, 2.45) is 34.5 Å². The van der Waals surface area contributed by atoms with Crippen molar-refractivity contribution in [3.8, 4) is 0 Å². The van der Waals surface area contributed by atoms with E-state index in [0.29, 0.717) is 12.8 Å². The van der Waals surface area contributed by atoms with Gasteiger partial charge in [0.2, 0.25) is 5.78 Å². The molecular weight excluding hydrogens is 504 g/mol. The summed E-state index contributed by atoms with van der Waals surface area (Å²) in [5.74, 6) is -0.909. The van der Waals surface area contributed by atoms with E-state index in [9.17, 15) is 14.4 Å². The highest BCUT2D eigenvalue weighted by Gasteiger charge is 2.44. The van der Waals surface area contributed by atoms with Crippen molar-refractivity contribution in [1.29, 1.82) is 0 Å². The minimum atomic E-state index is -0.542. The monoisotopic (exact) mass is 560 g/mol. The lowest BCUT2D eigenvalue weighted by molar-refractivity contribution is -0.140. The van der Waals surface area contributed by atoms with E-state index in [4.69, 9.17) is 6.58 Å². The number of benzene rings is 1. The maximum Gasteiger partial charge on any atom is 0.201 e. The largest absolute Gasteiger partial charge is 0.299 e. The third kappa shape index (κ3) is 10.3. The van der Waals surface area contributed by atoms with Crippen LogP contribution in [0.3, 0.4) is 0 Å². The lowest BCUT2D eigenvalue weighted by Gasteiger charge is -2.38. The lowest BCUT2D eigenvalue weighted by atomic mass is 9.67. The van der Waals surface area contributed by atoms with Gasteiger partial charge < -0.3 is 0 Å². The molecule has 0 N–H and O–H groups in total. The highest BCUT2D eigenvalue weighted by atomic mass is 16.2. The molecule has 5 unspecified atom stereocenters. The van der Waals surface area contributed by atoms with Crippen LogP contribution < -0.4 is 0 Å². The van der Waals surface area contributed by atoms with Gasteiger partial charge in [-0.2, -0.15) is 0 Å². The number of hydrogen-bond donors (Lipinski definition) is 0. The maximum atomic E-state index is 14.1. The zero-order chi connectivity index (χ0) is 31.0. The second kappa shape index (κ2) is 15.1. The average molecular weight is 561 g/mol. The van der Waals surface area contributed by atoms with Crippen molar-refractivity contribution in [3.63, 3.8) is 0 Å². The van der Waals surface area contributed by atoms with E-state index in [1.54, 1.807) is 6.08 Å². The molecule has 0 bridgehead atoms. The molecule has 1 aromatic rings. The Labute approximate surface area is 251 Å². The zero-order valence-corrected chi connectivity index (χ0v) is 27.1. The van der Waals surface area contributed by atoms with Gasteiger partial charge in [0.05, 0.1) is 0 Å². The first kappa shape index (κ1) is 34.7. The summed E-state index contributed by atoms with van der Waals surface area (Å²) in [6.07, 6.45) is 7.21. The summed E-state index contributed by atoms with van der Waals surface area (Å²) in [6.45, 7) is 28.3. The number of carbonyl (C=O) groups is 3. The van der Waals surface area contributed by atoms with Crippen molar-refractivity contribution >= 4 is 17.3 Å². The predicted molar refractivity (Wildman–Crippen MR) is 173 cm³/mol. The van der Waals surface area contributed by atoms with Gasteiger partial charge in [-0.25, -0.2) is 0 Å². The fourth-order valence-electron chi connectivity index (χ4n) is 6.82. The van der Waals surface area contributed by atoms with E-state index < -0.39 is 5.92 Å². The van der Waals surface area contributed by atoms with E-state index in [-0.39, 0.29) is 64.7 Å². The summed E-state index contributed by atoms with van der Waals surface area (Å²) >= 11 is 0. The smallest absolute Gasteiger partial charge is 0.201 e. The maximum absolute atomic E-state index is 14.1. The first-order valence-corrected chi connectivity index (χ1v) is 15.7. The van der Waals surface area contributed by atoms with Crippen molar-refractivity contribution in [2.45, 2.75) is 112 Å². The van der Waals surface area contributed by atoms with E-state index in [1.165, 1.54) is 11.1 Å². The normalized spacial score (nSPS) is 20.7. The number of ketones is 3. The molecule has 1 fully saturated rings. The molecule has 1 aromatic carbocycles. The number of rotatable bonds is 16. The topological polar surface area (TPSA) is 51.2 Å².